The van der Waals surface area contributed by atoms with Crippen molar-refractivity contribution < 1.29 is 9.53 Å². The minimum atomic E-state index is -0.418. The van der Waals surface area contributed by atoms with Crippen LogP contribution in [0.15, 0.2) is 96.0 Å². The van der Waals surface area contributed by atoms with Crippen LogP contribution in [0.25, 0.3) is 0 Å². The van der Waals surface area contributed by atoms with Gasteiger partial charge in [-0.15, -0.1) is 0 Å². The van der Waals surface area contributed by atoms with Crippen LogP contribution in [-0.4, -0.2) is 16.1 Å². The Morgan fingerprint density at radius 3 is 2.41 bits per heavy atom. The van der Waals surface area contributed by atoms with Crippen LogP contribution in [-0.2, 0) is 17.6 Å². The Labute approximate surface area is 221 Å². The number of aromatic nitrogens is 1. The predicted octanol–water partition coefficient (Wildman–Crippen LogP) is 7.14. The lowest BCUT2D eigenvalue weighted by Gasteiger charge is -2.25. The van der Waals surface area contributed by atoms with Crippen molar-refractivity contribution in [3.05, 3.63) is 113 Å². The number of benzene rings is 3. The number of nitriles is 1. The summed E-state index contributed by atoms with van der Waals surface area (Å²) in [5, 5.41) is 13.0. The minimum Gasteiger partial charge on any atom is -0.457 e. The van der Waals surface area contributed by atoms with Crippen molar-refractivity contribution >= 4 is 23.4 Å². The van der Waals surface area contributed by atoms with Crippen LogP contribution in [0.1, 0.15) is 41.6 Å². The maximum absolute atomic E-state index is 12.9. The van der Waals surface area contributed by atoms with Gasteiger partial charge in [0.15, 0.2) is 0 Å². The lowest BCUT2D eigenvalue weighted by molar-refractivity contribution is -0.115. The first-order chi connectivity index (χ1) is 18.1. The molecule has 3 aromatic carbocycles. The third-order valence-corrected chi connectivity index (χ3v) is 7.60. The molecule has 184 valence electrons. The SMILES string of the molecule is CC(Sc1nc2c(cc1C#N)CC(c1ccccc1)CC2)C(=O)Nc1ccc(Oc2ccccc2)cc1. The molecule has 2 atom stereocenters. The van der Waals surface area contributed by atoms with Gasteiger partial charge in [0, 0.05) is 11.4 Å². The first kappa shape index (κ1) is 24.6. The zero-order valence-corrected chi connectivity index (χ0v) is 21.4. The number of hydrogen-bond acceptors (Lipinski definition) is 5. The van der Waals surface area contributed by atoms with Gasteiger partial charge in [0.05, 0.1) is 10.8 Å². The van der Waals surface area contributed by atoms with Gasteiger partial charge in [-0.3, -0.25) is 4.79 Å². The van der Waals surface area contributed by atoms with Crippen molar-refractivity contribution in [2.24, 2.45) is 0 Å². The number of nitrogens with one attached hydrogen (secondary N) is 1. The lowest BCUT2D eigenvalue weighted by atomic mass is 9.82. The van der Waals surface area contributed by atoms with Gasteiger partial charge in [0.2, 0.25) is 5.91 Å². The highest BCUT2D eigenvalue weighted by Gasteiger charge is 2.25. The summed E-state index contributed by atoms with van der Waals surface area (Å²) in [6, 6.07) is 31.6. The number of nitrogens with zero attached hydrogens (tertiary/aromatic N) is 2. The van der Waals surface area contributed by atoms with Gasteiger partial charge in [-0.25, -0.2) is 4.98 Å². The normalized spacial score (nSPS) is 15.2. The molecule has 5 rings (SSSR count). The number of anilines is 1. The number of carbonyl (C=O) groups is 1. The molecule has 1 aromatic heterocycles. The van der Waals surface area contributed by atoms with E-state index in [1.165, 1.54) is 17.3 Å². The highest BCUT2D eigenvalue weighted by molar-refractivity contribution is 8.00. The molecule has 4 aromatic rings. The van der Waals surface area contributed by atoms with Crippen LogP contribution in [0.4, 0.5) is 5.69 Å². The number of ether oxygens (including phenoxy) is 1. The Bertz CT molecular complexity index is 1420. The third-order valence-electron chi connectivity index (χ3n) is 6.50. The highest BCUT2D eigenvalue weighted by atomic mass is 32.2. The number of fused-ring (bicyclic) bond motifs is 1. The molecule has 0 spiro atoms. The molecular formula is C31H27N3O2S. The zero-order valence-electron chi connectivity index (χ0n) is 20.6. The summed E-state index contributed by atoms with van der Waals surface area (Å²) in [5.41, 5.74) is 4.71. The van der Waals surface area contributed by atoms with Gasteiger partial charge in [0.25, 0.3) is 0 Å². The van der Waals surface area contributed by atoms with E-state index >= 15 is 0 Å². The van der Waals surface area contributed by atoms with Crippen molar-refractivity contribution in [3.63, 3.8) is 0 Å². The Kier molecular flexibility index (Phi) is 7.53. The standard InChI is InChI=1S/C31H27N3O2S/c1-21(30(35)33-26-13-15-28(16-14-26)36-27-10-6-3-7-11-27)37-31-25(20-32)19-24-18-23(12-17-29(24)34-31)22-8-4-2-5-9-22/h2-11,13-16,19,21,23H,12,17-18H2,1H3,(H,33,35). The molecule has 5 nitrogen and oxygen atoms in total. The number of thioether (sulfide) groups is 1. The minimum absolute atomic E-state index is 0.144. The smallest absolute Gasteiger partial charge is 0.237 e. The van der Waals surface area contributed by atoms with E-state index in [0.29, 0.717) is 27.9 Å². The average Bonchev–Trinajstić information content (AvgIpc) is 2.94. The molecule has 0 fully saturated rings. The fraction of sp³-hybridized carbons (Fsp3) is 0.194. The van der Waals surface area contributed by atoms with E-state index in [9.17, 15) is 10.1 Å². The molecule has 1 amide bonds. The second kappa shape index (κ2) is 11.3. The zero-order chi connectivity index (χ0) is 25.6. The average molecular weight is 506 g/mol. The van der Waals surface area contributed by atoms with Gasteiger partial charge in [-0.2, -0.15) is 5.26 Å². The van der Waals surface area contributed by atoms with Gasteiger partial charge in [-0.1, -0.05) is 60.3 Å². The number of para-hydroxylation sites is 1. The Morgan fingerprint density at radius 1 is 1.03 bits per heavy atom. The number of aryl methyl sites for hydroxylation is 1. The second-order valence-electron chi connectivity index (χ2n) is 9.10. The van der Waals surface area contributed by atoms with E-state index in [2.05, 4.69) is 35.7 Å². The molecule has 0 saturated carbocycles. The van der Waals surface area contributed by atoms with Crippen molar-refractivity contribution in [1.29, 1.82) is 5.26 Å². The summed E-state index contributed by atoms with van der Waals surface area (Å²) in [6.45, 7) is 1.83. The molecule has 0 radical (unpaired) electrons. The van der Waals surface area contributed by atoms with E-state index in [1.54, 1.807) is 0 Å². The van der Waals surface area contributed by atoms with Crippen LogP contribution in [0.3, 0.4) is 0 Å². The van der Waals surface area contributed by atoms with Crippen molar-refractivity contribution in [3.8, 4) is 17.6 Å². The molecule has 2 unspecified atom stereocenters. The Morgan fingerprint density at radius 2 is 1.70 bits per heavy atom. The van der Waals surface area contributed by atoms with Gasteiger partial charge < -0.3 is 10.1 Å². The topological polar surface area (TPSA) is 75.0 Å². The van der Waals surface area contributed by atoms with Crippen molar-refractivity contribution in [2.45, 2.75) is 42.4 Å². The largest absolute Gasteiger partial charge is 0.457 e. The lowest BCUT2D eigenvalue weighted by Crippen LogP contribution is -2.23. The van der Waals surface area contributed by atoms with E-state index < -0.39 is 5.25 Å². The fourth-order valence-electron chi connectivity index (χ4n) is 4.52. The van der Waals surface area contributed by atoms with Crippen LogP contribution in [0.2, 0.25) is 0 Å². The third kappa shape index (κ3) is 6.02. The summed E-state index contributed by atoms with van der Waals surface area (Å²) >= 11 is 1.33. The first-order valence-corrected chi connectivity index (χ1v) is 13.3. The Balaban J connectivity index is 1.23. The summed E-state index contributed by atoms with van der Waals surface area (Å²) in [5.74, 6) is 1.74. The number of hydrogen-bond donors (Lipinski definition) is 1. The maximum atomic E-state index is 12.9. The van der Waals surface area contributed by atoms with Crippen LogP contribution >= 0.6 is 11.8 Å². The second-order valence-corrected chi connectivity index (χ2v) is 10.4. The molecular weight excluding hydrogens is 478 g/mol. The monoisotopic (exact) mass is 505 g/mol. The summed E-state index contributed by atoms with van der Waals surface area (Å²) < 4.78 is 5.81. The number of carbonyl (C=O) groups excluding carboxylic acids is 1. The molecule has 1 heterocycles. The van der Waals surface area contributed by atoms with Crippen molar-refractivity contribution in [2.75, 3.05) is 5.32 Å². The van der Waals surface area contributed by atoms with Gasteiger partial charge in [0.1, 0.15) is 22.6 Å². The van der Waals surface area contributed by atoms with E-state index in [-0.39, 0.29) is 5.91 Å². The predicted molar refractivity (Wildman–Crippen MR) is 147 cm³/mol. The highest BCUT2D eigenvalue weighted by Crippen LogP contribution is 2.35. The Hall–Kier alpha value is -4.08. The van der Waals surface area contributed by atoms with Crippen LogP contribution in [0, 0.1) is 11.3 Å². The molecule has 1 aliphatic rings. The fourth-order valence-corrected chi connectivity index (χ4v) is 5.42. The van der Waals surface area contributed by atoms with Crippen LogP contribution in [0.5, 0.6) is 11.5 Å². The molecule has 0 bridgehead atoms. The summed E-state index contributed by atoms with van der Waals surface area (Å²) in [6.07, 6.45) is 2.78. The van der Waals surface area contributed by atoms with Gasteiger partial charge >= 0.3 is 0 Å². The summed E-state index contributed by atoms with van der Waals surface area (Å²) in [7, 11) is 0. The first-order valence-electron chi connectivity index (χ1n) is 12.4. The molecule has 6 heteroatoms. The number of rotatable bonds is 7. The van der Waals surface area contributed by atoms with E-state index in [0.717, 1.165) is 36.3 Å². The molecule has 0 aliphatic heterocycles. The molecule has 0 saturated heterocycles. The number of amides is 1. The quantitative estimate of drug-likeness (QED) is 0.270. The molecule has 1 N–H and O–H groups in total. The van der Waals surface area contributed by atoms with E-state index in [4.69, 9.17) is 9.72 Å². The van der Waals surface area contributed by atoms with Crippen molar-refractivity contribution in [1.82, 2.24) is 4.98 Å². The van der Waals surface area contributed by atoms with Crippen LogP contribution < -0.4 is 10.1 Å². The van der Waals surface area contributed by atoms with E-state index in [1.807, 2.05) is 73.7 Å². The maximum Gasteiger partial charge on any atom is 0.237 e. The number of pyridine rings is 1. The summed E-state index contributed by atoms with van der Waals surface area (Å²) in [4.78, 5) is 17.7. The molecule has 1 aliphatic carbocycles. The molecule has 37 heavy (non-hydrogen) atoms. The van der Waals surface area contributed by atoms with Gasteiger partial charge in [-0.05, 0) is 85.7 Å².